The second-order valence-corrected chi connectivity index (χ2v) is 7.02. The molecule has 1 N–H and O–H groups in total. The number of methoxy groups -OCH3 is 2. The van der Waals surface area contributed by atoms with E-state index in [9.17, 15) is 14.7 Å². The molecule has 0 radical (unpaired) electrons. The molecule has 0 spiro atoms. The highest BCUT2D eigenvalue weighted by molar-refractivity contribution is 5.80. The summed E-state index contributed by atoms with van der Waals surface area (Å²) >= 11 is 0. The van der Waals surface area contributed by atoms with Gasteiger partial charge in [-0.1, -0.05) is 19.1 Å². The third kappa shape index (κ3) is 4.55. The molecular weight excluding hydrogens is 334 g/mol. The largest absolute Gasteiger partial charge is 0.497 e. The summed E-state index contributed by atoms with van der Waals surface area (Å²) in [5.41, 5.74) is 0.102. The Morgan fingerprint density at radius 2 is 1.96 bits per heavy atom. The Morgan fingerprint density at radius 3 is 2.50 bits per heavy atom. The Labute approximate surface area is 155 Å². The topological polar surface area (TPSA) is 76.1 Å². The fourth-order valence-electron chi connectivity index (χ4n) is 3.69. The van der Waals surface area contributed by atoms with E-state index in [4.69, 9.17) is 9.47 Å². The molecule has 1 aliphatic heterocycles. The first-order chi connectivity index (χ1) is 12.5. The van der Waals surface area contributed by atoms with Crippen LogP contribution < -0.4 is 4.74 Å². The minimum atomic E-state index is -0.996. The van der Waals surface area contributed by atoms with E-state index in [0.717, 1.165) is 17.7 Å². The Morgan fingerprint density at radius 1 is 1.27 bits per heavy atom. The van der Waals surface area contributed by atoms with Gasteiger partial charge in [0.2, 0.25) is 5.91 Å². The van der Waals surface area contributed by atoms with E-state index in [1.807, 2.05) is 24.3 Å². The van der Waals surface area contributed by atoms with Gasteiger partial charge in [0, 0.05) is 26.6 Å². The lowest BCUT2D eigenvalue weighted by Crippen LogP contribution is -2.52. The molecule has 0 aromatic heterocycles. The van der Waals surface area contributed by atoms with E-state index >= 15 is 0 Å². The molecule has 1 heterocycles. The van der Waals surface area contributed by atoms with Crippen molar-refractivity contribution in [2.75, 3.05) is 33.9 Å². The summed E-state index contributed by atoms with van der Waals surface area (Å²) in [4.78, 5) is 26.3. The standard InChI is InChI=1S/C20H29NO5/c1-4-15(16-6-8-17(26-3)9-7-16)12-18(22)21-11-5-10-20(13-21,14-25-2)19(23)24/h6-9,15H,4-5,10-14H2,1-3H3,(H,23,24). The maximum Gasteiger partial charge on any atom is 0.313 e. The van der Waals surface area contributed by atoms with Gasteiger partial charge in [0.15, 0.2) is 0 Å². The molecule has 1 saturated heterocycles. The maximum atomic E-state index is 12.8. The van der Waals surface area contributed by atoms with Crippen LogP contribution in [0, 0.1) is 5.41 Å². The zero-order valence-electron chi connectivity index (χ0n) is 15.9. The highest BCUT2D eigenvalue weighted by Crippen LogP contribution is 2.33. The number of rotatable bonds is 8. The third-order valence-corrected chi connectivity index (χ3v) is 5.30. The van der Waals surface area contributed by atoms with Crippen LogP contribution >= 0.6 is 0 Å². The van der Waals surface area contributed by atoms with Crippen LogP contribution in [0.4, 0.5) is 0 Å². The molecule has 6 nitrogen and oxygen atoms in total. The molecule has 0 aliphatic carbocycles. The number of nitrogens with zero attached hydrogens (tertiary/aromatic N) is 1. The highest BCUT2D eigenvalue weighted by Gasteiger charge is 2.43. The van der Waals surface area contributed by atoms with Gasteiger partial charge in [0.05, 0.1) is 13.7 Å². The number of carbonyl (C=O) groups excluding carboxylic acids is 1. The zero-order chi connectivity index (χ0) is 19.2. The zero-order valence-corrected chi connectivity index (χ0v) is 15.9. The Balaban J connectivity index is 2.07. The smallest absolute Gasteiger partial charge is 0.313 e. The van der Waals surface area contributed by atoms with Crippen molar-refractivity contribution in [2.45, 2.75) is 38.5 Å². The number of amides is 1. The van der Waals surface area contributed by atoms with Crippen molar-refractivity contribution in [2.24, 2.45) is 5.41 Å². The fourth-order valence-corrected chi connectivity index (χ4v) is 3.69. The van der Waals surface area contributed by atoms with E-state index in [2.05, 4.69) is 6.92 Å². The Bertz CT molecular complexity index is 611. The number of benzene rings is 1. The predicted molar refractivity (Wildman–Crippen MR) is 98.4 cm³/mol. The SMILES string of the molecule is CCC(CC(=O)N1CCCC(COC)(C(=O)O)C1)c1ccc(OC)cc1. The first-order valence-electron chi connectivity index (χ1n) is 9.10. The molecule has 2 rings (SSSR count). The summed E-state index contributed by atoms with van der Waals surface area (Å²) in [5.74, 6) is 0.0156. The Kier molecular flexibility index (Phi) is 7.03. The lowest BCUT2D eigenvalue weighted by molar-refractivity contribution is -0.159. The normalized spacial score (nSPS) is 21.3. The van der Waals surface area contributed by atoms with E-state index in [1.54, 1.807) is 12.0 Å². The molecule has 1 aromatic carbocycles. The maximum absolute atomic E-state index is 12.8. The van der Waals surface area contributed by atoms with E-state index in [0.29, 0.717) is 25.8 Å². The van der Waals surface area contributed by atoms with Crippen LogP contribution in [0.3, 0.4) is 0 Å². The highest BCUT2D eigenvalue weighted by atomic mass is 16.5. The number of hydrogen-bond acceptors (Lipinski definition) is 4. The van der Waals surface area contributed by atoms with Crippen molar-refractivity contribution in [3.8, 4) is 5.75 Å². The number of piperidine rings is 1. The van der Waals surface area contributed by atoms with Gasteiger partial charge in [-0.25, -0.2) is 0 Å². The van der Waals surface area contributed by atoms with E-state index in [1.165, 1.54) is 7.11 Å². The van der Waals surface area contributed by atoms with Gasteiger partial charge in [-0.05, 0) is 42.9 Å². The van der Waals surface area contributed by atoms with Crippen molar-refractivity contribution in [1.29, 1.82) is 0 Å². The number of carboxylic acid groups (broad SMARTS) is 1. The lowest BCUT2D eigenvalue weighted by atomic mass is 9.80. The summed E-state index contributed by atoms with van der Waals surface area (Å²) in [6, 6.07) is 7.78. The number of carbonyl (C=O) groups is 2. The summed E-state index contributed by atoms with van der Waals surface area (Å²) in [7, 11) is 3.13. The van der Waals surface area contributed by atoms with Gasteiger partial charge in [0.25, 0.3) is 0 Å². The number of aliphatic carboxylic acids is 1. The summed E-state index contributed by atoms with van der Waals surface area (Å²) in [6.45, 7) is 3.01. The number of hydrogen-bond donors (Lipinski definition) is 1. The van der Waals surface area contributed by atoms with Crippen LogP contribution in [0.5, 0.6) is 5.75 Å². The second kappa shape index (κ2) is 9.03. The summed E-state index contributed by atoms with van der Waals surface area (Å²) in [6.07, 6.45) is 2.44. The fraction of sp³-hybridized carbons (Fsp3) is 0.600. The van der Waals surface area contributed by atoms with Crippen LogP contribution in [-0.4, -0.2) is 55.8 Å². The van der Waals surface area contributed by atoms with Crippen molar-refractivity contribution in [3.63, 3.8) is 0 Å². The van der Waals surface area contributed by atoms with Crippen LogP contribution in [0.25, 0.3) is 0 Å². The van der Waals surface area contributed by atoms with Gasteiger partial charge in [0.1, 0.15) is 11.2 Å². The molecule has 1 aromatic rings. The molecule has 1 amide bonds. The minimum Gasteiger partial charge on any atom is -0.497 e. The average molecular weight is 363 g/mol. The molecule has 1 aliphatic rings. The molecule has 0 bridgehead atoms. The van der Waals surface area contributed by atoms with Crippen molar-refractivity contribution >= 4 is 11.9 Å². The summed E-state index contributed by atoms with van der Waals surface area (Å²) in [5, 5.41) is 9.65. The third-order valence-electron chi connectivity index (χ3n) is 5.30. The average Bonchev–Trinajstić information content (AvgIpc) is 2.66. The van der Waals surface area contributed by atoms with Crippen LogP contribution in [0.15, 0.2) is 24.3 Å². The molecule has 6 heteroatoms. The van der Waals surface area contributed by atoms with E-state index in [-0.39, 0.29) is 25.0 Å². The predicted octanol–water partition coefficient (Wildman–Crippen LogP) is 2.92. The van der Waals surface area contributed by atoms with Crippen molar-refractivity contribution in [3.05, 3.63) is 29.8 Å². The molecule has 0 saturated carbocycles. The van der Waals surface area contributed by atoms with Crippen molar-refractivity contribution in [1.82, 2.24) is 4.90 Å². The Hall–Kier alpha value is -2.08. The molecule has 1 fully saturated rings. The molecule has 144 valence electrons. The lowest BCUT2D eigenvalue weighted by Gasteiger charge is -2.39. The number of likely N-dealkylation sites (tertiary alicyclic amines) is 1. The van der Waals surface area contributed by atoms with Crippen LogP contribution in [0.1, 0.15) is 44.1 Å². The molecule has 2 atom stereocenters. The molecule has 26 heavy (non-hydrogen) atoms. The van der Waals surface area contributed by atoms with Crippen LogP contribution in [-0.2, 0) is 14.3 Å². The van der Waals surface area contributed by atoms with Gasteiger partial charge in [-0.3, -0.25) is 9.59 Å². The van der Waals surface area contributed by atoms with Crippen LogP contribution in [0.2, 0.25) is 0 Å². The quantitative estimate of drug-likeness (QED) is 0.768. The molecule has 2 unspecified atom stereocenters. The molecular formula is C20H29NO5. The minimum absolute atomic E-state index is 0.00842. The monoisotopic (exact) mass is 363 g/mol. The van der Waals surface area contributed by atoms with Gasteiger partial charge in [-0.15, -0.1) is 0 Å². The van der Waals surface area contributed by atoms with Gasteiger partial charge < -0.3 is 19.5 Å². The first-order valence-corrected chi connectivity index (χ1v) is 9.10. The second-order valence-electron chi connectivity index (χ2n) is 7.02. The first kappa shape index (κ1) is 20.2. The number of ether oxygens (including phenoxy) is 2. The van der Waals surface area contributed by atoms with Gasteiger partial charge >= 0.3 is 5.97 Å². The summed E-state index contributed by atoms with van der Waals surface area (Å²) < 4.78 is 10.3. The van der Waals surface area contributed by atoms with Gasteiger partial charge in [-0.2, -0.15) is 0 Å². The number of carboxylic acids is 1. The van der Waals surface area contributed by atoms with E-state index < -0.39 is 11.4 Å². The van der Waals surface area contributed by atoms with Crippen molar-refractivity contribution < 1.29 is 24.2 Å².